The first-order chi connectivity index (χ1) is 13.0. The lowest BCUT2D eigenvalue weighted by molar-refractivity contribution is -0.0000136. The highest BCUT2D eigenvalue weighted by Crippen LogP contribution is 2.39. The third-order valence-electron chi connectivity index (χ3n) is 4.07. The number of hydrogen-bond acceptors (Lipinski definition) is 7. The van der Waals surface area contributed by atoms with Gasteiger partial charge in [-0.05, 0) is 42.2 Å². The van der Waals surface area contributed by atoms with E-state index < -0.39 is 0 Å². The third-order valence-corrected chi connectivity index (χ3v) is 6.72. The number of fused-ring (bicyclic) bond motifs is 2. The molecule has 0 bridgehead atoms. The van der Waals surface area contributed by atoms with E-state index >= 15 is 0 Å². The first-order valence-corrected chi connectivity index (χ1v) is 10.9. The van der Waals surface area contributed by atoms with E-state index in [1.807, 2.05) is 38.4 Å². The maximum absolute atomic E-state index is 13.1. The Kier molecular flexibility index (Phi) is 6.82. The van der Waals surface area contributed by atoms with E-state index in [1.165, 1.54) is 22.7 Å². The van der Waals surface area contributed by atoms with Crippen molar-refractivity contribution in [2.24, 2.45) is 0 Å². The van der Waals surface area contributed by atoms with Crippen molar-refractivity contribution in [3.05, 3.63) is 32.9 Å². The van der Waals surface area contributed by atoms with Gasteiger partial charge in [-0.15, -0.1) is 11.3 Å². The van der Waals surface area contributed by atoms with Gasteiger partial charge in [0.15, 0.2) is 16.6 Å². The lowest BCUT2D eigenvalue weighted by Gasteiger charge is -2.21. The van der Waals surface area contributed by atoms with Crippen molar-refractivity contribution < 1.29 is 26.7 Å². The lowest BCUT2D eigenvalue weighted by Crippen LogP contribution is -3.00. The topological polar surface area (TPSA) is 54.9 Å². The van der Waals surface area contributed by atoms with Crippen molar-refractivity contribution >= 4 is 59.9 Å². The molecule has 0 radical (unpaired) electrons. The van der Waals surface area contributed by atoms with Crippen molar-refractivity contribution in [3.63, 3.8) is 0 Å². The molecular weight excluding hydrogens is 486 g/mol. The molecule has 1 amide bonds. The molecule has 150 valence electrons. The number of aromatic nitrogens is 1. The number of amides is 1. The van der Waals surface area contributed by atoms with E-state index in [2.05, 4.69) is 20.8 Å². The Morgan fingerprint density at radius 2 is 1.86 bits per heavy atom. The number of thiophene rings is 1. The van der Waals surface area contributed by atoms with E-state index in [0.717, 1.165) is 26.3 Å². The molecule has 10 heteroatoms. The minimum Gasteiger partial charge on any atom is -1.00 e. The van der Waals surface area contributed by atoms with Crippen molar-refractivity contribution in [2.45, 2.75) is 0 Å². The molecule has 0 saturated carbocycles. The summed E-state index contributed by atoms with van der Waals surface area (Å²) in [6, 6.07) is 7.57. The first kappa shape index (κ1) is 21.3. The third kappa shape index (κ3) is 4.44. The fourth-order valence-corrected chi connectivity index (χ4v) is 5.05. The van der Waals surface area contributed by atoms with Crippen LogP contribution in [0, 0.1) is 0 Å². The van der Waals surface area contributed by atoms with Crippen LogP contribution in [0.4, 0.5) is 5.13 Å². The molecule has 0 unspecified atom stereocenters. The number of carbonyl (C=O) groups excluding carboxylic acids is 1. The van der Waals surface area contributed by atoms with Crippen molar-refractivity contribution in [1.82, 2.24) is 9.88 Å². The van der Waals surface area contributed by atoms with Crippen LogP contribution in [0.3, 0.4) is 0 Å². The van der Waals surface area contributed by atoms with Gasteiger partial charge >= 0.3 is 0 Å². The fraction of sp³-hybridized carbons (Fsp3) is 0.333. The summed E-state index contributed by atoms with van der Waals surface area (Å²) in [6.45, 7) is 2.39. The molecule has 1 aliphatic rings. The Morgan fingerprint density at radius 3 is 2.50 bits per heavy atom. The second-order valence-corrected chi connectivity index (χ2v) is 9.80. The standard InChI is InChI=1S/C18H18BrN3O3S2.ClH/c1-21(2)5-6-22(17(23)14-3-4-16(19)26-14)18-20-11-9-12-13(10-15(11)27-18)25-8-7-24-12;/h3-4,9-10H,5-8H2,1-2H3;1H/p-1. The van der Waals surface area contributed by atoms with Gasteiger partial charge < -0.3 is 26.8 Å². The van der Waals surface area contributed by atoms with Crippen molar-refractivity contribution in [2.75, 3.05) is 45.3 Å². The zero-order chi connectivity index (χ0) is 19.0. The molecule has 1 aromatic carbocycles. The SMILES string of the molecule is CN(C)CCN(C(=O)c1ccc(Br)s1)c1nc2cc3c(cc2s1)OCCO3.[Cl-]. The molecule has 0 saturated heterocycles. The number of benzene rings is 1. The van der Waals surface area contributed by atoms with E-state index in [9.17, 15) is 4.79 Å². The summed E-state index contributed by atoms with van der Waals surface area (Å²) in [4.78, 5) is 22.3. The maximum atomic E-state index is 13.1. The molecule has 28 heavy (non-hydrogen) atoms. The Bertz CT molecular complexity index is 949. The van der Waals surface area contributed by atoms with Crippen LogP contribution in [0.1, 0.15) is 9.67 Å². The van der Waals surface area contributed by atoms with E-state index in [0.29, 0.717) is 35.5 Å². The molecule has 1 aliphatic heterocycles. The second-order valence-electron chi connectivity index (χ2n) is 6.32. The molecule has 0 spiro atoms. The van der Waals surface area contributed by atoms with E-state index in [1.54, 1.807) is 4.90 Å². The number of halogens is 2. The predicted molar refractivity (Wildman–Crippen MR) is 113 cm³/mol. The Balaban J connectivity index is 0.00000225. The fourth-order valence-electron chi connectivity index (χ4n) is 2.71. The molecule has 0 fully saturated rings. The molecular formula is C18H18BrClN3O3S2-. The number of thiazole rings is 1. The van der Waals surface area contributed by atoms with E-state index in [4.69, 9.17) is 14.5 Å². The predicted octanol–water partition coefficient (Wildman–Crippen LogP) is 1.10. The summed E-state index contributed by atoms with van der Waals surface area (Å²) < 4.78 is 13.2. The molecule has 0 atom stereocenters. The van der Waals surface area contributed by atoms with Gasteiger partial charge in [0, 0.05) is 25.2 Å². The number of ether oxygens (including phenoxy) is 2. The van der Waals surface area contributed by atoms with Crippen LogP contribution in [0.5, 0.6) is 11.5 Å². The van der Waals surface area contributed by atoms with Gasteiger partial charge in [-0.1, -0.05) is 11.3 Å². The number of carbonyl (C=O) groups is 1. The minimum absolute atomic E-state index is 0. The van der Waals surface area contributed by atoms with Crippen molar-refractivity contribution in [1.29, 1.82) is 0 Å². The quantitative estimate of drug-likeness (QED) is 0.522. The van der Waals surface area contributed by atoms with Crippen LogP contribution in [0.2, 0.25) is 0 Å². The molecule has 4 rings (SSSR count). The highest BCUT2D eigenvalue weighted by Gasteiger charge is 2.24. The largest absolute Gasteiger partial charge is 1.00 e. The normalized spacial score (nSPS) is 12.9. The van der Waals surface area contributed by atoms with Gasteiger partial charge in [-0.25, -0.2) is 4.98 Å². The van der Waals surface area contributed by atoms with Gasteiger partial charge in [-0.3, -0.25) is 9.69 Å². The summed E-state index contributed by atoms with van der Waals surface area (Å²) in [5, 5.41) is 0.684. The molecule has 0 N–H and O–H groups in total. The van der Waals surface area contributed by atoms with Gasteiger partial charge in [0.2, 0.25) is 0 Å². The van der Waals surface area contributed by atoms with Gasteiger partial charge in [0.1, 0.15) is 13.2 Å². The summed E-state index contributed by atoms with van der Waals surface area (Å²) >= 11 is 6.35. The number of rotatable bonds is 5. The average molecular weight is 504 g/mol. The van der Waals surface area contributed by atoms with Crippen LogP contribution in [0.15, 0.2) is 28.1 Å². The van der Waals surface area contributed by atoms with Gasteiger partial charge in [0.05, 0.1) is 18.9 Å². The summed E-state index contributed by atoms with van der Waals surface area (Å²) in [5.74, 6) is 1.40. The van der Waals surface area contributed by atoms with Gasteiger partial charge in [0.25, 0.3) is 5.91 Å². The molecule has 3 heterocycles. The zero-order valence-electron chi connectivity index (χ0n) is 15.3. The number of anilines is 1. The number of hydrogen-bond donors (Lipinski definition) is 0. The van der Waals surface area contributed by atoms with Crippen molar-refractivity contribution in [3.8, 4) is 11.5 Å². The smallest absolute Gasteiger partial charge is 0.270 e. The average Bonchev–Trinajstić information content (AvgIpc) is 3.25. The Hall–Kier alpha value is -1.39. The van der Waals surface area contributed by atoms with Crippen LogP contribution >= 0.6 is 38.6 Å². The highest BCUT2D eigenvalue weighted by molar-refractivity contribution is 9.11. The lowest BCUT2D eigenvalue weighted by atomic mass is 10.3. The summed E-state index contributed by atoms with van der Waals surface area (Å²) in [6.07, 6.45) is 0. The molecule has 0 aliphatic carbocycles. The maximum Gasteiger partial charge on any atom is 0.270 e. The number of likely N-dealkylation sites (N-methyl/N-ethyl adjacent to an activating group) is 1. The van der Waals surface area contributed by atoms with Crippen LogP contribution in [-0.2, 0) is 0 Å². The first-order valence-electron chi connectivity index (χ1n) is 8.43. The van der Waals surface area contributed by atoms with Crippen LogP contribution in [-0.4, -0.2) is 56.2 Å². The zero-order valence-corrected chi connectivity index (χ0v) is 19.3. The Labute approximate surface area is 185 Å². The summed E-state index contributed by atoms with van der Waals surface area (Å²) in [5.41, 5.74) is 0.814. The molecule has 2 aromatic heterocycles. The number of nitrogens with zero attached hydrogens (tertiary/aromatic N) is 3. The second kappa shape index (κ2) is 8.96. The van der Waals surface area contributed by atoms with Crippen LogP contribution < -0.4 is 26.8 Å². The highest BCUT2D eigenvalue weighted by atomic mass is 79.9. The molecule has 6 nitrogen and oxygen atoms in total. The molecule has 3 aromatic rings. The Morgan fingerprint density at radius 1 is 1.14 bits per heavy atom. The van der Waals surface area contributed by atoms with E-state index in [-0.39, 0.29) is 18.3 Å². The summed E-state index contributed by atoms with van der Waals surface area (Å²) in [7, 11) is 3.98. The van der Waals surface area contributed by atoms with Gasteiger partial charge in [-0.2, -0.15) is 0 Å². The van der Waals surface area contributed by atoms with Crippen LogP contribution in [0.25, 0.3) is 10.2 Å². The monoisotopic (exact) mass is 502 g/mol. The minimum atomic E-state index is -0.0381.